The molecular formula is C22H21Cl2N3O3S2. The van der Waals surface area contributed by atoms with Crippen molar-refractivity contribution < 1.29 is 14.3 Å². The molecule has 2 aromatic carbocycles. The smallest absolute Gasteiger partial charge is 0.271 e. The van der Waals surface area contributed by atoms with Gasteiger partial charge in [0.1, 0.15) is 4.88 Å². The van der Waals surface area contributed by atoms with E-state index in [0.29, 0.717) is 33.1 Å². The van der Waals surface area contributed by atoms with Gasteiger partial charge in [0.15, 0.2) is 16.6 Å². The number of carbonyl (C=O) groups excluding carboxylic acids is 1. The number of thiophene rings is 1. The molecule has 1 aliphatic rings. The van der Waals surface area contributed by atoms with Crippen molar-refractivity contribution in [1.82, 2.24) is 9.88 Å². The van der Waals surface area contributed by atoms with Crippen LogP contribution in [-0.4, -0.2) is 49.8 Å². The molecule has 5 rings (SSSR count). The molecular weight excluding hydrogens is 489 g/mol. The van der Waals surface area contributed by atoms with Gasteiger partial charge in [0.05, 0.1) is 15.2 Å². The maximum atomic E-state index is 13.6. The van der Waals surface area contributed by atoms with E-state index in [2.05, 4.69) is 4.90 Å². The maximum Gasteiger partial charge on any atom is 0.271 e. The Morgan fingerprint density at radius 1 is 1.09 bits per heavy atom. The first-order valence-electron chi connectivity index (χ1n) is 9.85. The van der Waals surface area contributed by atoms with E-state index in [4.69, 9.17) is 26.1 Å². The zero-order chi connectivity index (χ0) is 21.5. The Balaban J connectivity index is 0.00000245. The van der Waals surface area contributed by atoms with Crippen LogP contribution in [0.4, 0.5) is 5.13 Å². The molecule has 0 fully saturated rings. The summed E-state index contributed by atoms with van der Waals surface area (Å²) in [5.74, 6) is 1.27. The van der Waals surface area contributed by atoms with E-state index in [9.17, 15) is 4.79 Å². The van der Waals surface area contributed by atoms with E-state index < -0.39 is 0 Å². The first-order valence-corrected chi connectivity index (χ1v) is 11.9. The molecule has 1 amide bonds. The van der Waals surface area contributed by atoms with Crippen molar-refractivity contribution in [3.63, 3.8) is 0 Å². The number of anilines is 1. The molecule has 0 saturated carbocycles. The van der Waals surface area contributed by atoms with Crippen LogP contribution >= 0.6 is 46.7 Å². The molecule has 0 spiro atoms. The fourth-order valence-corrected chi connectivity index (χ4v) is 5.99. The van der Waals surface area contributed by atoms with E-state index in [-0.39, 0.29) is 25.1 Å². The summed E-state index contributed by atoms with van der Waals surface area (Å²) in [6, 6.07) is 11.6. The summed E-state index contributed by atoms with van der Waals surface area (Å²) < 4.78 is 12.9. The van der Waals surface area contributed by atoms with Gasteiger partial charge < -0.3 is 14.4 Å². The van der Waals surface area contributed by atoms with Crippen LogP contribution in [0.3, 0.4) is 0 Å². The topological polar surface area (TPSA) is 54.9 Å². The van der Waals surface area contributed by atoms with E-state index in [1.54, 1.807) is 4.90 Å². The van der Waals surface area contributed by atoms with Gasteiger partial charge in [-0.15, -0.1) is 23.7 Å². The number of carbonyl (C=O) groups is 1. The lowest BCUT2D eigenvalue weighted by Crippen LogP contribution is -2.33. The normalized spacial score (nSPS) is 12.5. The number of hydrogen-bond donors (Lipinski definition) is 0. The van der Waals surface area contributed by atoms with Crippen LogP contribution in [0.25, 0.3) is 20.3 Å². The molecule has 32 heavy (non-hydrogen) atoms. The fraction of sp³-hybridized carbons (Fsp3) is 0.273. The van der Waals surface area contributed by atoms with Crippen LogP contribution in [-0.2, 0) is 0 Å². The molecule has 0 N–H and O–H groups in total. The molecule has 6 nitrogen and oxygen atoms in total. The largest absolute Gasteiger partial charge is 0.454 e. The summed E-state index contributed by atoms with van der Waals surface area (Å²) >= 11 is 9.51. The molecule has 0 aliphatic carbocycles. The third-order valence-electron chi connectivity index (χ3n) is 5.06. The lowest BCUT2D eigenvalue weighted by molar-refractivity contribution is 0.0990. The molecule has 0 radical (unpaired) electrons. The number of halogens is 2. The summed E-state index contributed by atoms with van der Waals surface area (Å²) in [5, 5.41) is 2.06. The minimum atomic E-state index is -0.121. The van der Waals surface area contributed by atoms with Crippen LogP contribution in [0.15, 0.2) is 36.4 Å². The second-order valence-corrected chi connectivity index (χ2v) is 9.96. The number of amides is 1. The predicted octanol–water partition coefficient (Wildman–Crippen LogP) is 5.91. The van der Waals surface area contributed by atoms with Crippen LogP contribution in [0.1, 0.15) is 16.1 Å². The molecule has 10 heteroatoms. The van der Waals surface area contributed by atoms with Crippen LogP contribution < -0.4 is 14.4 Å². The van der Waals surface area contributed by atoms with Crippen molar-refractivity contribution in [2.45, 2.75) is 6.42 Å². The number of hydrogen-bond acceptors (Lipinski definition) is 7. The van der Waals surface area contributed by atoms with E-state index >= 15 is 0 Å². The summed E-state index contributed by atoms with van der Waals surface area (Å²) in [5.41, 5.74) is 0.789. The quantitative estimate of drug-likeness (QED) is 0.323. The lowest BCUT2D eigenvalue weighted by Gasteiger charge is -2.20. The second-order valence-electron chi connectivity index (χ2n) is 7.52. The highest BCUT2D eigenvalue weighted by Gasteiger charge is 2.27. The van der Waals surface area contributed by atoms with Crippen LogP contribution in [0.2, 0.25) is 5.02 Å². The number of rotatable bonds is 6. The van der Waals surface area contributed by atoms with E-state index in [0.717, 1.165) is 33.3 Å². The Morgan fingerprint density at radius 3 is 2.59 bits per heavy atom. The highest BCUT2D eigenvalue weighted by Crippen LogP contribution is 2.41. The van der Waals surface area contributed by atoms with Crippen molar-refractivity contribution in [3.8, 4) is 11.5 Å². The van der Waals surface area contributed by atoms with Crippen molar-refractivity contribution >= 4 is 78.0 Å². The van der Waals surface area contributed by atoms with E-state index in [1.165, 1.54) is 22.7 Å². The fourth-order valence-electron chi connectivity index (χ4n) is 3.52. The minimum Gasteiger partial charge on any atom is -0.454 e. The van der Waals surface area contributed by atoms with Crippen molar-refractivity contribution in [1.29, 1.82) is 0 Å². The molecule has 0 unspecified atom stereocenters. The summed E-state index contributed by atoms with van der Waals surface area (Å²) in [6.07, 6.45) is 0.819. The van der Waals surface area contributed by atoms with Crippen LogP contribution in [0, 0.1) is 0 Å². The van der Waals surface area contributed by atoms with Gasteiger partial charge in [-0.25, -0.2) is 4.98 Å². The van der Waals surface area contributed by atoms with Crippen LogP contribution in [0.5, 0.6) is 11.5 Å². The van der Waals surface area contributed by atoms with Crippen molar-refractivity contribution in [2.24, 2.45) is 0 Å². The SMILES string of the molecule is CN(C)CCCN(C(=O)c1sc2ccccc2c1Cl)c1nc2cc3c(cc2s1)OCO3.Cl. The third kappa shape index (κ3) is 4.25. The highest BCUT2D eigenvalue weighted by atomic mass is 35.5. The maximum absolute atomic E-state index is 13.6. The molecule has 1 aliphatic heterocycles. The summed E-state index contributed by atoms with van der Waals surface area (Å²) in [4.78, 5) is 22.8. The average molecular weight is 510 g/mol. The minimum absolute atomic E-state index is 0. The Hall–Kier alpha value is -2.10. The van der Waals surface area contributed by atoms with Crippen molar-refractivity contribution in [3.05, 3.63) is 46.3 Å². The van der Waals surface area contributed by atoms with Gasteiger partial charge in [-0.05, 0) is 33.1 Å². The first-order chi connectivity index (χ1) is 15.0. The number of aromatic nitrogens is 1. The molecule has 3 heterocycles. The molecule has 0 bridgehead atoms. The number of benzene rings is 2. The standard InChI is InChI=1S/C22H20ClN3O3S2.ClH/c1-25(2)8-5-9-26(21(27)20-19(23)13-6-3-4-7-17(13)30-20)22-24-14-10-15-16(29-12-28-15)11-18(14)31-22;/h3-4,6-7,10-11H,5,8-9,12H2,1-2H3;1H. The molecule has 2 aromatic heterocycles. The molecule has 4 aromatic rings. The second kappa shape index (κ2) is 9.41. The third-order valence-corrected chi connectivity index (χ3v) is 7.77. The molecule has 168 valence electrons. The average Bonchev–Trinajstić information content (AvgIpc) is 3.45. The summed E-state index contributed by atoms with van der Waals surface area (Å²) in [7, 11) is 4.04. The zero-order valence-corrected chi connectivity index (χ0v) is 20.7. The Labute approximate surface area is 204 Å². The van der Waals surface area contributed by atoms with Gasteiger partial charge in [0.25, 0.3) is 5.91 Å². The number of thiazole rings is 1. The summed E-state index contributed by atoms with van der Waals surface area (Å²) in [6.45, 7) is 1.64. The van der Waals surface area contributed by atoms with Crippen molar-refractivity contribution in [2.75, 3.05) is 38.9 Å². The van der Waals surface area contributed by atoms with Gasteiger partial charge >= 0.3 is 0 Å². The van der Waals surface area contributed by atoms with Gasteiger partial charge in [-0.3, -0.25) is 9.69 Å². The zero-order valence-electron chi connectivity index (χ0n) is 17.5. The lowest BCUT2D eigenvalue weighted by atomic mass is 10.2. The Kier molecular flexibility index (Phi) is 6.78. The molecule has 0 atom stereocenters. The van der Waals surface area contributed by atoms with Gasteiger partial charge in [0, 0.05) is 28.8 Å². The number of ether oxygens (including phenoxy) is 2. The Bertz CT molecular complexity index is 1250. The predicted molar refractivity (Wildman–Crippen MR) is 135 cm³/mol. The van der Waals surface area contributed by atoms with Gasteiger partial charge in [-0.1, -0.05) is 41.1 Å². The van der Waals surface area contributed by atoms with Gasteiger partial charge in [0.2, 0.25) is 6.79 Å². The monoisotopic (exact) mass is 509 g/mol. The highest BCUT2D eigenvalue weighted by molar-refractivity contribution is 7.23. The Morgan fingerprint density at radius 2 is 1.84 bits per heavy atom. The molecule has 0 saturated heterocycles. The van der Waals surface area contributed by atoms with E-state index in [1.807, 2.05) is 50.5 Å². The number of nitrogens with zero attached hydrogens (tertiary/aromatic N) is 3. The number of fused-ring (bicyclic) bond motifs is 3. The van der Waals surface area contributed by atoms with Gasteiger partial charge in [-0.2, -0.15) is 0 Å². The first kappa shape index (κ1) is 23.1.